The molecule has 0 spiro atoms. The van der Waals surface area contributed by atoms with E-state index in [1.165, 1.54) is 11.0 Å². The number of hydrogen-bond acceptors (Lipinski definition) is 4. The van der Waals surface area contributed by atoms with Crippen LogP contribution in [0.1, 0.15) is 24.4 Å². The monoisotopic (exact) mass is 332 g/mol. The molecule has 0 saturated carbocycles. The van der Waals surface area contributed by atoms with Crippen LogP contribution < -0.4 is 5.32 Å². The lowest BCUT2D eigenvalue weighted by molar-refractivity contribution is -0.134. The Hall–Kier alpha value is -1.34. The second-order valence-electron chi connectivity index (χ2n) is 4.71. The quantitative estimate of drug-likeness (QED) is 0.842. The highest BCUT2D eigenvalue weighted by Crippen LogP contribution is 2.14. The predicted octanol–water partition coefficient (Wildman–Crippen LogP) is 1.00. The summed E-state index contributed by atoms with van der Waals surface area (Å²) in [6, 6.07) is 3.10. The molecule has 0 saturated heterocycles. The van der Waals surface area contributed by atoms with Crippen LogP contribution in [0.25, 0.3) is 0 Å². The zero-order chi connectivity index (χ0) is 14.6. The summed E-state index contributed by atoms with van der Waals surface area (Å²) in [5.41, 5.74) is -0.671. The number of hydrogen-bond donors (Lipinski definition) is 2. The first kappa shape index (κ1) is 15.7. The predicted molar refractivity (Wildman–Crippen MR) is 72.7 cm³/mol. The van der Waals surface area contributed by atoms with Crippen molar-refractivity contribution in [3.05, 3.63) is 22.6 Å². The van der Waals surface area contributed by atoms with Gasteiger partial charge in [-0.25, -0.2) is 0 Å². The molecule has 2 amide bonds. The van der Waals surface area contributed by atoms with Crippen molar-refractivity contribution in [2.45, 2.75) is 19.4 Å². The summed E-state index contributed by atoms with van der Waals surface area (Å²) in [5.74, 6) is -0.629. The minimum absolute atomic E-state index is 0.128. The molecule has 0 atom stereocenters. The fraction of sp³-hybridized carbons (Fsp3) is 0.500. The first-order chi connectivity index (χ1) is 8.77. The molecule has 0 unspecified atom stereocenters. The molecule has 0 aliphatic heterocycles. The number of likely N-dealkylation sites (N-methyl/N-ethyl adjacent to an activating group) is 1. The first-order valence-electron chi connectivity index (χ1n) is 5.69. The second-order valence-corrected chi connectivity index (χ2v) is 5.49. The van der Waals surface area contributed by atoms with E-state index in [2.05, 4.69) is 21.2 Å². The van der Waals surface area contributed by atoms with Crippen LogP contribution in [0.2, 0.25) is 0 Å². The minimum Gasteiger partial charge on any atom is -0.444 e. The summed E-state index contributed by atoms with van der Waals surface area (Å²) in [6.07, 6.45) is 0. The third-order valence-corrected chi connectivity index (χ3v) is 3.29. The number of carbonyl (C=O) groups excluding carboxylic acids is 2. The van der Waals surface area contributed by atoms with Gasteiger partial charge >= 0.3 is 0 Å². The number of carbonyl (C=O) groups is 2. The third kappa shape index (κ3) is 4.07. The summed E-state index contributed by atoms with van der Waals surface area (Å²) in [5, 5.41) is 11.6. The molecule has 6 nitrogen and oxygen atoms in total. The average molecular weight is 333 g/mol. The van der Waals surface area contributed by atoms with Gasteiger partial charge in [0.15, 0.2) is 10.4 Å². The Morgan fingerprint density at radius 2 is 2.11 bits per heavy atom. The van der Waals surface area contributed by atoms with Crippen LogP contribution in [0, 0.1) is 0 Å². The largest absolute Gasteiger partial charge is 0.444 e. The van der Waals surface area contributed by atoms with Gasteiger partial charge < -0.3 is 19.7 Å². The van der Waals surface area contributed by atoms with Crippen molar-refractivity contribution in [2.24, 2.45) is 0 Å². The van der Waals surface area contributed by atoms with E-state index in [1.807, 2.05) is 0 Å². The number of halogens is 1. The Kier molecular flexibility index (Phi) is 5.13. The van der Waals surface area contributed by atoms with Crippen LogP contribution in [-0.4, -0.2) is 47.6 Å². The lowest BCUT2D eigenvalue weighted by atomic mass is 10.1. The molecule has 0 aromatic carbocycles. The van der Waals surface area contributed by atoms with Gasteiger partial charge in [0.05, 0.1) is 18.7 Å². The van der Waals surface area contributed by atoms with Gasteiger partial charge in [0.25, 0.3) is 5.91 Å². The zero-order valence-electron chi connectivity index (χ0n) is 11.1. The van der Waals surface area contributed by atoms with Crippen molar-refractivity contribution in [3.63, 3.8) is 0 Å². The lowest BCUT2D eigenvalue weighted by Gasteiger charge is -2.33. The van der Waals surface area contributed by atoms with Crippen molar-refractivity contribution in [3.8, 4) is 0 Å². The Morgan fingerprint density at radius 3 is 2.58 bits per heavy atom. The normalized spacial score (nSPS) is 11.2. The Bertz CT molecular complexity index is 470. The van der Waals surface area contributed by atoms with Gasteiger partial charge in [0.1, 0.15) is 0 Å². The molecule has 1 rings (SSSR count). The van der Waals surface area contributed by atoms with E-state index in [4.69, 9.17) is 4.42 Å². The number of nitrogens with zero attached hydrogens (tertiary/aromatic N) is 1. The topological polar surface area (TPSA) is 82.8 Å². The molecule has 0 aliphatic rings. The zero-order valence-corrected chi connectivity index (χ0v) is 12.7. The second kappa shape index (κ2) is 6.21. The van der Waals surface area contributed by atoms with Crippen LogP contribution in [0.4, 0.5) is 0 Å². The van der Waals surface area contributed by atoms with Gasteiger partial charge in [-0.05, 0) is 41.9 Å². The molecule has 106 valence electrons. The number of rotatable bonds is 5. The van der Waals surface area contributed by atoms with Gasteiger partial charge in [-0.2, -0.15) is 0 Å². The Labute approximate surface area is 119 Å². The van der Waals surface area contributed by atoms with Crippen molar-refractivity contribution < 1.29 is 19.1 Å². The summed E-state index contributed by atoms with van der Waals surface area (Å²) >= 11 is 3.09. The summed E-state index contributed by atoms with van der Waals surface area (Å²) in [6.45, 7) is 3.15. The van der Waals surface area contributed by atoms with Gasteiger partial charge in [-0.1, -0.05) is 0 Å². The molecule has 0 fully saturated rings. The highest BCUT2D eigenvalue weighted by Gasteiger charge is 2.26. The van der Waals surface area contributed by atoms with E-state index >= 15 is 0 Å². The number of amides is 2. The molecule has 0 radical (unpaired) electrons. The maximum Gasteiger partial charge on any atom is 0.287 e. The molecular formula is C12H17BrN2O4. The van der Waals surface area contributed by atoms with Gasteiger partial charge in [-0.3, -0.25) is 9.59 Å². The SMILES string of the molecule is CN(C(=O)CNC(=O)c1ccc(Br)o1)C(C)(C)CO. The van der Waals surface area contributed by atoms with Crippen LogP contribution >= 0.6 is 15.9 Å². The molecule has 0 aliphatic carbocycles. The highest BCUT2D eigenvalue weighted by molar-refractivity contribution is 9.10. The number of aliphatic hydroxyl groups is 1. The van der Waals surface area contributed by atoms with Crippen molar-refractivity contribution in [1.29, 1.82) is 0 Å². The third-order valence-electron chi connectivity index (χ3n) is 2.87. The molecule has 0 bridgehead atoms. The van der Waals surface area contributed by atoms with Crippen molar-refractivity contribution in [2.75, 3.05) is 20.2 Å². The van der Waals surface area contributed by atoms with E-state index in [-0.39, 0.29) is 24.8 Å². The first-order valence-corrected chi connectivity index (χ1v) is 6.48. The lowest BCUT2D eigenvalue weighted by Crippen LogP contribution is -2.50. The summed E-state index contributed by atoms with van der Waals surface area (Å²) in [4.78, 5) is 24.9. The van der Waals surface area contributed by atoms with E-state index in [1.54, 1.807) is 27.0 Å². The minimum atomic E-state index is -0.671. The van der Waals surface area contributed by atoms with Gasteiger partial charge in [-0.15, -0.1) is 0 Å². The van der Waals surface area contributed by atoms with Crippen molar-refractivity contribution >= 4 is 27.7 Å². The van der Waals surface area contributed by atoms with Crippen LogP contribution in [0.5, 0.6) is 0 Å². The van der Waals surface area contributed by atoms with Crippen LogP contribution in [0.3, 0.4) is 0 Å². The maximum absolute atomic E-state index is 11.8. The van der Waals surface area contributed by atoms with Gasteiger partial charge in [0.2, 0.25) is 5.91 Å². The number of nitrogens with one attached hydrogen (secondary N) is 1. The molecular weight excluding hydrogens is 316 g/mol. The number of aliphatic hydroxyl groups excluding tert-OH is 1. The molecule has 7 heteroatoms. The van der Waals surface area contributed by atoms with E-state index in [0.717, 1.165) is 0 Å². The molecule has 19 heavy (non-hydrogen) atoms. The standard InChI is InChI=1S/C12H17BrN2O4/c1-12(2,7-16)15(3)10(17)6-14-11(18)8-4-5-9(13)19-8/h4-5,16H,6-7H2,1-3H3,(H,14,18). The number of furan rings is 1. The smallest absolute Gasteiger partial charge is 0.287 e. The van der Waals surface area contributed by atoms with Crippen LogP contribution in [-0.2, 0) is 4.79 Å². The van der Waals surface area contributed by atoms with Crippen LogP contribution in [0.15, 0.2) is 21.2 Å². The molecule has 1 aromatic heterocycles. The Morgan fingerprint density at radius 1 is 1.47 bits per heavy atom. The average Bonchev–Trinajstić information content (AvgIpc) is 2.81. The van der Waals surface area contributed by atoms with E-state index < -0.39 is 11.4 Å². The molecule has 1 heterocycles. The molecule has 1 aromatic rings. The maximum atomic E-state index is 11.8. The fourth-order valence-corrected chi connectivity index (χ4v) is 1.55. The van der Waals surface area contributed by atoms with E-state index in [0.29, 0.717) is 4.67 Å². The van der Waals surface area contributed by atoms with Crippen molar-refractivity contribution in [1.82, 2.24) is 10.2 Å². The molecule has 2 N–H and O–H groups in total. The van der Waals surface area contributed by atoms with Gasteiger partial charge in [0, 0.05) is 7.05 Å². The Balaban J connectivity index is 2.53. The fourth-order valence-electron chi connectivity index (χ4n) is 1.24. The van der Waals surface area contributed by atoms with E-state index in [9.17, 15) is 14.7 Å². The highest BCUT2D eigenvalue weighted by atomic mass is 79.9. The summed E-state index contributed by atoms with van der Waals surface area (Å²) in [7, 11) is 1.58. The summed E-state index contributed by atoms with van der Waals surface area (Å²) < 4.78 is 5.51.